The van der Waals surface area contributed by atoms with Crippen LogP contribution in [0.3, 0.4) is 0 Å². The molecule has 0 radical (unpaired) electrons. The van der Waals surface area contributed by atoms with E-state index in [0.717, 1.165) is 38.3 Å². The molecule has 1 saturated heterocycles. The van der Waals surface area contributed by atoms with Gasteiger partial charge in [-0.15, -0.1) is 0 Å². The fourth-order valence-corrected chi connectivity index (χ4v) is 5.69. The first kappa shape index (κ1) is 29.2. The second-order valence-corrected chi connectivity index (χ2v) is 11.9. The van der Waals surface area contributed by atoms with Crippen molar-refractivity contribution in [1.29, 1.82) is 0 Å². The molecule has 3 unspecified atom stereocenters. The Hall–Kier alpha value is -2.01. The molecule has 0 aliphatic carbocycles. The summed E-state index contributed by atoms with van der Waals surface area (Å²) in [7, 11) is -4.24. The van der Waals surface area contributed by atoms with Crippen molar-refractivity contribution < 1.29 is 22.6 Å². The smallest absolute Gasteiger partial charge is 0.267 e. The van der Waals surface area contributed by atoms with Gasteiger partial charge in [0, 0.05) is 44.6 Å². The number of carbonyl (C=O) groups excluding carboxylic acids is 2. The molecule has 1 aliphatic heterocycles. The Morgan fingerprint density at radius 2 is 1.77 bits per heavy atom. The van der Waals surface area contributed by atoms with Crippen LogP contribution in [0.5, 0.6) is 0 Å². The van der Waals surface area contributed by atoms with Gasteiger partial charge in [0.25, 0.3) is 10.1 Å². The molecule has 35 heavy (non-hydrogen) atoms. The van der Waals surface area contributed by atoms with Crippen molar-refractivity contribution in [2.24, 2.45) is 17.6 Å². The zero-order valence-electron chi connectivity index (χ0n) is 21.4. The number of benzene rings is 1. The number of rotatable bonds is 13. The van der Waals surface area contributed by atoms with Crippen LogP contribution < -0.4 is 16.4 Å². The third-order valence-electron chi connectivity index (χ3n) is 6.62. The Kier molecular flexibility index (Phi) is 10.7. The van der Waals surface area contributed by atoms with E-state index in [9.17, 15) is 22.6 Å². The molecule has 0 spiro atoms. The van der Waals surface area contributed by atoms with E-state index in [1.807, 2.05) is 6.92 Å². The van der Waals surface area contributed by atoms with Crippen LogP contribution in [0.1, 0.15) is 64.0 Å². The zero-order chi connectivity index (χ0) is 26.2. The molecule has 0 saturated carbocycles. The fraction of sp³-hybridized carbons (Fsp3) is 0.680. The molecule has 1 aromatic rings. The number of nitrogens with one attached hydrogen (secondary N) is 2. The number of carbonyl (C=O) groups is 2. The van der Waals surface area contributed by atoms with Gasteiger partial charge in [-0.1, -0.05) is 38.1 Å². The molecule has 1 heterocycles. The highest BCUT2D eigenvalue weighted by molar-refractivity contribution is 7.85. The number of nitrogens with zero attached hydrogens (tertiary/aromatic N) is 1. The topological polar surface area (TPSA) is 142 Å². The van der Waals surface area contributed by atoms with E-state index in [0.29, 0.717) is 19.3 Å². The molecule has 3 atom stereocenters. The number of piperazine rings is 1. The quantitative estimate of drug-likeness (QED) is 0.297. The van der Waals surface area contributed by atoms with Crippen LogP contribution in [-0.2, 0) is 26.3 Å². The van der Waals surface area contributed by atoms with Crippen LogP contribution >= 0.6 is 0 Å². The van der Waals surface area contributed by atoms with Gasteiger partial charge in [0.1, 0.15) is 0 Å². The second-order valence-electron chi connectivity index (χ2n) is 10.4. The van der Waals surface area contributed by atoms with Gasteiger partial charge in [-0.05, 0) is 50.2 Å². The molecule has 10 heteroatoms. The van der Waals surface area contributed by atoms with Gasteiger partial charge in [-0.25, -0.2) is 0 Å². The van der Waals surface area contributed by atoms with Crippen molar-refractivity contribution >= 4 is 21.9 Å². The normalized spacial score (nSPS) is 18.0. The Morgan fingerprint density at radius 3 is 2.29 bits per heavy atom. The molecule has 1 fully saturated rings. The summed E-state index contributed by atoms with van der Waals surface area (Å²) >= 11 is 0. The van der Waals surface area contributed by atoms with E-state index in [1.54, 1.807) is 20.8 Å². The fourth-order valence-electron chi connectivity index (χ4n) is 4.70. The second kappa shape index (κ2) is 12.8. The summed E-state index contributed by atoms with van der Waals surface area (Å²) in [6, 6.07) is 8.36. The van der Waals surface area contributed by atoms with E-state index in [1.165, 1.54) is 5.56 Å². The van der Waals surface area contributed by atoms with Gasteiger partial charge >= 0.3 is 0 Å². The summed E-state index contributed by atoms with van der Waals surface area (Å²) in [4.78, 5) is 27.3. The molecule has 5 N–H and O–H groups in total. The summed E-state index contributed by atoms with van der Waals surface area (Å²) in [5.74, 6) is -2.02. The van der Waals surface area contributed by atoms with Crippen LogP contribution in [0, 0.1) is 11.8 Å². The van der Waals surface area contributed by atoms with Gasteiger partial charge < -0.3 is 16.4 Å². The average molecular weight is 511 g/mol. The lowest BCUT2D eigenvalue weighted by atomic mass is 9.81. The van der Waals surface area contributed by atoms with E-state index < -0.39 is 27.3 Å². The van der Waals surface area contributed by atoms with Gasteiger partial charge in [0.15, 0.2) is 0 Å². The standard InChI is InChI=1S/C25H42N4O5S/c1-5-20(23(26)30)15-22(14-18(2)24(31)28-25(3,4)17-35(32,33)34)21-8-6-19(7-9-21)16-29-12-10-27-11-13-29/h6-9,18,20,22,27H,5,10-17H2,1-4H3,(H2,26,30)(H,28,31)(H,32,33,34). The van der Waals surface area contributed by atoms with E-state index >= 15 is 0 Å². The lowest BCUT2D eigenvalue weighted by Crippen LogP contribution is -2.50. The molecule has 2 rings (SSSR count). The van der Waals surface area contributed by atoms with E-state index in [-0.39, 0.29) is 23.7 Å². The number of hydrogen-bond donors (Lipinski definition) is 4. The number of hydrogen-bond acceptors (Lipinski definition) is 6. The highest BCUT2D eigenvalue weighted by Crippen LogP contribution is 2.32. The van der Waals surface area contributed by atoms with Crippen molar-refractivity contribution in [1.82, 2.24) is 15.5 Å². The van der Waals surface area contributed by atoms with Crippen molar-refractivity contribution in [2.45, 2.75) is 65.0 Å². The molecule has 1 aromatic carbocycles. The van der Waals surface area contributed by atoms with Gasteiger partial charge in [0.05, 0.1) is 11.3 Å². The van der Waals surface area contributed by atoms with Crippen LogP contribution in [0.4, 0.5) is 0 Å². The van der Waals surface area contributed by atoms with Crippen molar-refractivity contribution in [2.75, 3.05) is 31.9 Å². The van der Waals surface area contributed by atoms with Crippen LogP contribution in [-0.4, -0.2) is 67.2 Å². The Morgan fingerprint density at radius 1 is 1.17 bits per heavy atom. The lowest BCUT2D eigenvalue weighted by Gasteiger charge is -2.29. The van der Waals surface area contributed by atoms with E-state index in [4.69, 9.17) is 5.73 Å². The molecular formula is C25H42N4O5S. The van der Waals surface area contributed by atoms with Crippen molar-refractivity contribution in [3.05, 3.63) is 35.4 Å². The van der Waals surface area contributed by atoms with Crippen molar-refractivity contribution in [3.63, 3.8) is 0 Å². The molecule has 0 aromatic heterocycles. The minimum atomic E-state index is -4.24. The Bertz CT molecular complexity index is 943. The highest BCUT2D eigenvalue weighted by Gasteiger charge is 2.30. The molecule has 2 amide bonds. The zero-order valence-corrected chi connectivity index (χ0v) is 22.2. The largest absolute Gasteiger partial charge is 0.369 e. The third kappa shape index (κ3) is 10.2. The minimum Gasteiger partial charge on any atom is -0.369 e. The molecular weight excluding hydrogens is 468 g/mol. The minimum absolute atomic E-state index is 0.0638. The number of primary amides is 1. The van der Waals surface area contributed by atoms with Crippen molar-refractivity contribution in [3.8, 4) is 0 Å². The molecule has 9 nitrogen and oxygen atoms in total. The lowest BCUT2D eigenvalue weighted by molar-refractivity contribution is -0.126. The molecule has 0 bridgehead atoms. The monoisotopic (exact) mass is 510 g/mol. The average Bonchev–Trinajstić information content (AvgIpc) is 2.75. The predicted octanol–water partition coefficient (Wildman–Crippen LogP) is 1.89. The van der Waals surface area contributed by atoms with Crippen LogP contribution in [0.25, 0.3) is 0 Å². The Labute approximate surface area is 210 Å². The summed E-state index contributed by atoms with van der Waals surface area (Å²) in [6.45, 7) is 11.7. The maximum absolute atomic E-state index is 12.9. The summed E-state index contributed by atoms with van der Waals surface area (Å²) in [5.41, 5.74) is 6.78. The number of nitrogens with two attached hydrogens (primary N) is 1. The summed E-state index contributed by atoms with van der Waals surface area (Å²) in [5, 5.41) is 6.09. The maximum Gasteiger partial charge on any atom is 0.267 e. The van der Waals surface area contributed by atoms with Gasteiger partial charge in [-0.2, -0.15) is 8.42 Å². The van der Waals surface area contributed by atoms with Gasteiger partial charge in [-0.3, -0.25) is 19.0 Å². The summed E-state index contributed by atoms with van der Waals surface area (Å²) < 4.78 is 31.7. The number of amides is 2. The molecule has 1 aliphatic rings. The third-order valence-corrected chi connectivity index (χ3v) is 7.71. The SMILES string of the molecule is CCC(CC(CC(C)C(=O)NC(C)(C)CS(=O)(=O)O)c1ccc(CN2CCNCC2)cc1)C(N)=O. The van der Waals surface area contributed by atoms with Crippen LogP contribution in [0.15, 0.2) is 24.3 Å². The highest BCUT2D eigenvalue weighted by atomic mass is 32.2. The summed E-state index contributed by atoms with van der Waals surface area (Å²) in [6.07, 6.45) is 1.64. The Balaban J connectivity index is 2.14. The molecule has 198 valence electrons. The van der Waals surface area contributed by atoms with E-state index in [2.05, 4.69) is 39.8 Å². The van der Waals surface area contributed by atoms with Gasteiger partial charge in [0.2, 0.25) is 11.8 Å². The van der Waals surface area contributed by atoms with Crippen LogP contribution in [0.2, 0.25) is 0 Å². The first-order valence-corrected chi connectivity index (χ1v) is 14.0. The first-order valence-electron chi connectivity index (χ1n) is 12.4. The maximum atomic E-state index is 12.9. The first-order chi connectivity index (χ1) is 16.3. The predicted molar refractivity (Wildman–Crippen MR) is 137 cm³/mol.